The maximum atomic E-state index is 12.1. The zero-order valence-electron chi connectivity index (χ0n) is 12.4. The lowest BCUT2D eigenvalue weighted by Crippen LogP contribution is -2.28. The number of carbonyl (C=O) groups excluding carboxylic acids is 1. The third kappa shape index (κ3) is 3.51. The summed E-state index contributed by atoms with van der Waals surface area (Å²) < 4.78 is 6.28. The number of amides is 1. The summed E-state index contributed by atoms with van der Waals surface area (Å²) in [6.07, 6.45) is 3.67. The van der Waals surface area contributed by atoms with Crippen molar-refractivity contribution in [2.75, 3.05) is 12.4 Å². The number of hydrogen-bond donors (Lipinski definition) is 2. The van der Waals surface area contributed by atoms with Gasteiger partial charge in [0, 0.05) is 12.5 Å². The predicted molar refractivity (Wildman–Crippen MR) is 92.0 cm³/mol. The molecule has 1 saturated carbocycles. The highest BCUT2D eigenvalue weighted by atomic mass is 35.5. The average molecular weight is 342 g/mol. The summed E-state index contributed by atoms with van der Waals surface area (Å²) in [4.78, 5) is 16.6. The van der Waals surface area contributed by atoms with Crippen molar-refractivity contribution >= 4 is 45.0 Å². The number of halogens is 1. The fourth-order valence-corrected chi connectivity index (χ4v) is 3.77. The molecule has 0 aliphatic heterocycles. The predicted octanol–water partition coefficient (Wildman–Crippen LogP) is 3.18. The SMILES string of the molecule is COc1cccc2sc(NC(=O)C[C@@H]3CCC[C@H]3N)nc12.Cl. The van der Waals surface area contributed by atoms with E-state index < -0.39 is 0 Å². The van der Waals surface area contributed by atoms with Gasteiger partial charge in [-0.25, -0.2) is 4.98 Å². The van der Waals surface area contributed by atoms with Crippen LogP contribution < -0.4 is 15.8 Å². The molecule has 1 aliphatic carbocycles. The molecule has 7 heteroatoms. The number of ether oxygens (including phenoxy) is 1. The minimum absolute atomic E-state index is 0. The molecule has 0 spiro atoms. The maximum absolute atomic E-state index is 12.1. The Morgan fingerprint density at radius 3 is 3.00 bits per heavy atom. The van der Waals surface area contributed by atoms with Gasteiger partial charge in [-0.2, -0.15) is 0 Å². The van der Waals surface area contributed by atoms with Gasteiger partial charge in [0.1, 0.15) is 11.3 Å². The van der Waals surface area contributed by atoms with Crippen molar-refractivity contribution < 1.29 is 9.53 Å². The molecule has 2 atom stereocenters. The van der Waals surface area contributed by atoms with Crippen molar-refractivity contribution in [3.8, 4) is 5.75 Å². The van der Waals surface area contributed by atoms with E-state index in [1.807, 2.05) is 18.2 Å². The topological polar surface area (TPSA) is 77.2 Å². The standard InChI is InChI=1S/C15H19N3O2S.ClH/c1-20-11-6-3-7-12-14(11)18-15(21-12)17-13(19)8-9-4-2-5-10(9)16;/h3,6-7,9-10H,2,4-5,8,16H2,1H3,(H,17,18,19);1H/t9-,10+;/m0./s1. The Hall–Kier alpha value is -1.37. The Morgan fingerprint density at radius 2 is 2.32 bits per heavy atom. The van der Waals surface area contributed by atoms with Crippen LogP contribution in [0.1, 0.15) is 25.7 Å². The first-order valence-electron chi connectivity index (χ1n) is 7.16. The van der Waals surface area contributed by atoms with Crippen LogP contribution in [0.3, 0.4) is 0 Å². The third-order valence-corrected chi connectivity index (χ3v) is 4.95. The van der Waals surface area contributed by atoms with Gasteiger partial charge < -0.3 is 15.8 Å². The van der Waals surface area contributed by atoms with E-state index in [9.17, 15) is 4.79 Å². The van der Waals surface area contributed by atoms with Gasteiger partial charge in [0.05, 0.1) is 11.8 Å². The van der Waals surface area contributed by atoms with Crippen molar-refractivity contribution in [2.24, 2.45) is 11.7 Å². The zero-order valence-corrected chi connectivity index (χ0v) is 14.0. The average Bonchev–Trinajstić information content (AvgIpc) is 3.04. The van der Waals surface area contributed by atoms with Gasteiger partial charge >= 0.3 is 0 Å². The van der Waals surface area contributed by atoms with E-state index in [0.29, 0.717) is 17.5 Å². The highest BCUT2D eigenvalue weighted by molar-refractivity contribution is 7.22. The number of benzene rings is 1. The maximum Gasteiger partial charge on any atom is 0.226 e. The van der Waals surface area contributed by atoms with E-state index in [2.05, 4.69) is 10.3 Å². The second-order valence-corrected chi connectivity index (χ2v) is 6.46. The molecule has 3 N–H and O–H groups in total. The molecule has 3 rings (SSSR count). The lowest BCUT2D eigenvalue weighted by molar-refractivity contribution is -0.117. The first kappa shape index (κ1) is 17.0. The molecule has 5 nitrogen and oxygen atoms in total. The molecule has 0 bridgehead atoms. The number of anilines is 1. The summed E-state index contributed by atoms with van der Waals surface area (Å²) in [6, 6.07) is 5.91. The molecular formula is C15H20ClN3O2S. The van der Waals surface area contributed by atoms with Crippen LogP contribution in [0.5, 0.6) is 5.75 Å². The first-order valence-corrected chi connectivity index (χ1v) is 7.98. The van der Waals surface area contributed by atoms with E-state index in [4.69, 9.17) is 10.5 Å². The minimum atomic E-state index is -0.00428. The molecule has 1 aromatic heterocycles. The Balaban J connectivity index is 0.00000176. The van der Waals surface area contributed by atoms with Crippen LogP contribution in [-0.2, 0) is 4.79 Å². The van der Waals surface area contributed by atoms with E-state index in [1.165, 1.54) is 11.3 Å². The van der Waals surface area contributed by atoms with E-state index >= 15 is 0 Å². The van der Waals surface area contributed by atoms with Crippen molar-refractivity contribution in [2.45, 2.75) is 31.7 Å². The number of nitrogens with two attached hydrogens (primary N) is 1. The Kier molecular flexibility index (Phi) is 5.61. The number of nitrogens with zero attached hydrogens (tertiary/aromatic N) is 1. The lowest BCUT2D eigenvalue weighted by Gasteiger charge is -2.13. The van der Waals surface area contributed by atoms with E-state index in [-0.39, 0.29) is 24.4 Å². The highest BCUT2D eigenvalue weighted by Gasteiger charge is 2.26. The smallest absolute Gasteiger partial charge is 0.226 e. The Labute approximate surface area is 139 Å². The Morgan fingerprint density at radius 1 is 1.50 bits per heavy atom. The van der Waals surface area contributed by atoms with Crippen LogP contribution in [0, 0.1) is 5.92 Å². The summed E-state index contributed by atoms with van der Waals surface area (Å²) in [5.41, 5.74) is 6.80. The molecule has 2 aromatic rings. The van der Waals surface area contributed by atoms with E-state index in [0.717, 1.165) is 35.2 Å². The summed E-state index contributed by atoms with van der Waals surface area (Å²) in [6.45, 7) is 0. The minimum Gasteiger partial charge on any atom is -0.494 e. The van der Waals surface area contributed by atoms with Crippen molar-refractivity contribution in [1.29, 1.82) is 0 Å². The number of nitrogens with one attached hydrogen (secondary N) is 1. The fourth-order valence-electron chi connectivity index (χ4n) is 2.87. The zero-order chi connectivity index (χ0) is 14.8. The molecule has 1 amide bonds. The number of rotatable bonds is 4. The van der Waals surface area contributed by atoms with Gasteiger partial charge in [0.25, 0.3) is 0 Å². The molecule has 1 aromatic carbocycles. The summed E-state index contributed by atoms with van der Waals surface area (Å²) in [7, 11) is 1.62. The van der Waals surface area contributed by atoms with Crippen LogP contribution in [0.2, 0.25) is 0 Å². The van der Waals surface area contributed by atoms with Crippen LogP contribution in [0.4, 0.5) is 5.13 Å². The van der Waals surface area contributed by atoms with Crippen LogP contribution in [0.15, 0.2) is 18.2 Å². The Bertz CT molecular complexity index is 661. The largest absolute Gasteiger partial charge is 0.494 e. The monoisotopic (exact) mass is 341 g/mol. The number of aromatic nitrogens is 1. The number of hydrogen-bond acceptors (Lipinski definition) is 5. The normalized spacial score (nSPS) is 20.6. The van der Waals surface area contributed by atoms with Gasteiger partial charge in [-0.3, -0.25) is 4.79 Å². The van der Waals surface area contributed by atoms with Gasteiger partial charge in [0.15, 0.2) is 5.13 Å². The lowest BCUT2D eigenvalue weighted by atomic mass is 10.00. The van der Waals surface area contributed by atoms with Crippen LogP contribution >= 0.6 is 23.7 Å². The number of thiazole rings is 1. The van der Waals surface area contributed by atoms with Crippen molar-refractivity contribution in [1.82, 2.24) is 4.98 Å². The number of fused-ring (bicyclic) bond motifs is 1. The third-order valence-electron chi connectivity index (χ3n) is 4.01. The molecule has 1 fully saturated rings. The molecule has 120 valence electrons. The molecule has 22 heavy (non-hydrogen) atoms. The summed E-state index contributed by atoms with van der Waals surface area (Å²) in [5.74, 6) is 1.02. The highest BCUT2D eigenvalue weighted by Crippen LogP contribution is 2.32. The van der Waals surface area contributed by atoms with Crippen molar-refractivity contribution in [3.63, 3.8) is 0 Å². The van der Waals surface area contributed by atoms with E-state index in [1.54, 1.807) is 7.11 Å². The number of methoxy groups -OCH3 is 1. The second-order valence-electron chi connectivity index (χ2n) is 5.43. The van der Waals surface area contributed by atoms with Crippen molar-refractivity contribution in [3.05, 3.63) is 18.2 Å². The van der Waals surface area contributed by atoms with Gasteiger partial charge in [-0.05, 0) is 30.9 Å². The van der Waals surface area contributed by atoms with Crippen LogP contribution in [-0.4, -0.2) is 24.0 Å². The molecule has 0 radical (unpaired) electrons. The number of carbonyl (C=O) groups is 1. The van der Waals surface area contributed by atoms with Gasteiger partial charge in [0.2, 0.25) is 5.91 Å². The molecule has 1 aliphatic rings. The number of para-hydroxylation sites is 1. The molecule has 0 saturated heterocycles. The second kappa shape index (κ2) is 7.26. The van der Waals surface area contributed by atoms with Gasteiger partial charge in [-0.1, -0.05) is 23.8 Å². The van der Waals surface area contributed by atoms with Crippen LogP contribution in [0.25, 0.3) is 10.2 Å². The molecule has 0 unspecified atom stereocenters. The molecular weight excluding hydrogens is 322 g/mol. The molecule has 1 heterocycles. The summed E-state index contributed by atoms with van der Waals surface area (Å²) >= 11 is 1.46. The summed E-state index contributed by atoms with van der Waals surface area (Å²) in [5, 5.41) is 3.50. The quantitative estimate of drug-likeness (QED) is 0.895. The van der Waals surface area contributed by atoms with Gasteiger partial charge in [-0.15, -0.1) is 12.4 Å². The first-order chi connectivity index (χ1) is 10.2. The fraction of sp³-hybridized carbons (Fsp3) is 0.467.